The van der Waals surface area contributed by atoms with Gasteiger partial charge in [-0.25, -0.2) is 8.42 Å². The van der Waals surface area contributed by atoms with Crippen molar-refractivity contribution in [1.82, 2.24) is 5.32 Å². The summed E-state index contributed by atoms with van der Waals surface area (Å²) in [7, 11) is -2.89. The maximum Gasteiger partial charge on any atom is 0.148 e. The van der Waals surface area contributed by atoms with Crippen molar-refractivity contribution in [2.24, 2.45) is 0 Å². The van der Waals surface area contributed by atoms with Crippen LogP contribution in [0.3, 0.4) is 0 Å². The summed E-state index contributed by atoms with van der Waals surface area (Å²) in [5.41, 5.74) is 0. The third-order valence-corrected chi connectivity index (χ3v) is 2.86. The summed E-state index contributed by atoms with van der Waals surface area (Å²) < 4.78 is 27.2. The minimum absolute atomic E-state index is 0.0205. The lowest BCUT2D eigenvalue weighted by atomic mass is 10.3. The Kier molecular flexibility index (Phi) is 6.31. The zero-order valence-corrected chi connectivity index (χ0v) is 10.2. The fraction of sp³-hybridized carbons (Fsp3) is 1.00. The number of hydrogen-bond donors (Lipinski definition) is 1. The summed E-state index contributed by atoms with van der Waals surface area (Å²) in [5, 5.41) is 3.12. The molecule has 0 aromatic heterocycles. The first-order valence-electron chi connectivity index (χ1n) is 4.88. The van der Waals surface area contributed by atoms with Crippen LogP contribution in [-0.4, -0.2) is 45.7 Å². The average Bonchev–Trinajstić information content (AvgIpc) is 1.98. The molecule has 0 aromatic rings. The molecule has 0 aliphatic rings. The van der Waals surface area contributed by atoms with Gasteiger partial charge in [-0.05, 0) is 20.8 Å². The zero-order chi connectivity index (χ0) is 11.2. The molecule has 0 aromatic carbocycles. The van der Waals surface area contributed by atoms with Crippen LogP contribution >= 0.6 is 0 Å². The van der Waals surface area contributed by atoms with Crippen molar-refractivity contribution in [2.75, 3.05) is 25.2 Å². The van der Waals surface area contributed by atoms with E-state index < -0.39 is 9.84 Å². The Morgan fingerprint density at radius 3 is 2.36 bits per heavy atom. The van der Waals surface area contributed by atoms with Crippen LogP contribution in [-0.2, 0) is 14.6 Å². The minimum Gasteiger partial charge on any atom is -0.377 e. The summed E-state index contributed by atoms with van der Waals surface area (Å²) >= 11 is 0. The molecule has 0 fully saturated rings. The van der Waals surface area contributed by atoms with E-state index in [-0.39, 0.29) is 17.9 Å². The first kappa shape index (κ1) is 13.9. The highest BCUT2D eigenvalue weighted by atomic mass is 32.2. The number of sulfone groups is 1. The van der Waals surface area contributed by atoms with Gasteiger partial charge in [0.05, 0.1) is 11.9 Å². The van der Waals surface area contributed by atoms with Crippen LogP contribution in [0.25, 0.3) is 0 Å². The Morgan fingerprint density at radius 2 is 1.93 bits per heavy atom. The molecule has 0 saturated carbocycles. The molecular formula is C9H21NO3S. The van der Waals surface area contributed by atoms with Crippen molar-refractivity contribution in [3.05, 3.63) is 0 Å². The molecule has 2 atom stereocenters. The quantitative estimate of drug-likeness (QED) is 0.680. The zero-order valence-electron chi connectivity index (χ0n) is 9.41. The molecule has 0 bridgehead atoms. The van der Waals surface area contributed by atoms with Crippen LogP contribution in [0.2, 0.25) is 0 Å². The SMILES string of the molecule is CCOC(C)CNC(C)CS(C)(=O)=O. The van der Waals surface area contributed by atoms with Gasteiger partial charge in [0.1, 0.15) is 9.84 Å². The molecule has 5 heteroatoms. The van der Waals surface area contributed by atoms with Crippen molar-refractivity contribution in [3.8, 4) is 0 Å². The number of rotatable bonds is 7. The Hall–Kier alpha value is -0.130. The smallest absolute Gasteiger partial charge is 0.148 e. The van der Waals surface area contributed by atoms with E-state index >= 15 is 0 Å². The lowest BCUT2D eigenvalue weighted by Crippen LogP contribution is -2.37. The summed E-state index contributed by atoms with van der Waals surface area (Å²) in [6.45, 7) is 7.13. The van der Waals surface area contributed by atoms with Gasteiger partial charge in [0.25, 0.3) is 0 Å². The molecule has 0 saturated heterocycles. The van der Waals surface area contributed by atoms with E-state index in [4.69, 9.17) is 4.74 Å². The van der Waals surface area contributed by atoms with Crippen LogP contribution in [0.15, 0.2) is 0 Å². The predicted octanol–water partition coefficient (Wildman–Crippen LogP) is 0.434. The summed E-state index contributed by atoms with van der Waals surface area (Å²) in [5.74, 6) is 0.172. The monoisotopic (exact) mass is 223 g/mol. The van der Waals surface area contributed by atoms with Crippen LogP contribution in [0.4, 0.5) is 0 Å². The summed E-state index contributed by atoms with van der Waals surface area (Å²) in [6, 6.07) is -0.0205. The number of hydrogen-bond acceptors (Lipinski definition) is 4. The third-order valence-electron chi connectivity index (χ3n) is 1.76. The lowest BCUT2D eigenvalue weighted by molar-refractivity contribution is 0.0748. The highest BCUT2D eigenvalue weighted by Gasteiger charge is 2.10. The van der Waals surface area contributed by atoms with Crippen LogP contribution < -0.4 is 5.32 Å². The largest absolute Gasteiger partial charge is 0.377 e. The van der Waals surface area contributed by atoms with Crippen LogP contribution in [0.5, 0.6) is 0 Å². The third kappa shape index (κ3) is 8.47. The van der Waals surface area contributed by atoms with Crippen LogP contribution in [0.1, 0.15) is 20.8 Å². The standard InChI is InChI=1S/C9H21NO3S/c1-5-13-9(3)6-10-8(2)7-14(4,11)12/h8-10H,5-7H2,1-4H3. The normalized spacial score (nSPS) is 16.6. The Balaban J connectivity index is 3.69. The first-order chi connectivity index (χ1) is 6.35. The Morgan fingerprint density at radius 1 is 1.36 bits per heavy atom. The van der Waals surface area contributed by atoms with Crippen LogP contribution in [0, 0.1) is 0 Å². The lowest BCUT2D eigenvalue weighted by Gasteiger charge is -2.16. The second kappa shape index (κ2) is 6.37. The molecule has 4 nitrogen and oxygen atoms in total. The van der Waals surface area contributed by atoms with E-state index in [2.05, 4.69) is 5.32 Å². The van der Waals surface area contributed by atoms with E-state index in [1.165, 1.54) is 6.26 Å². The summed E-state index contributed by atoms with van der Waals surface area (Å²) in [6.07, 6.45) is 1.37. The molecule has 0 heterocycles. The molecule has 0 aliphatic heterocycles. The molecule has 2 unspecified atom stereocenters. The predicted molar refractivity (Wildman–Crippen MR) is 58.3 cm³/mol. The molecule has 14 heavy (non-hydrogen) atoms. The molecular weight excluding hydrogens is 202 g/mol. The van der Waals surface area contributed by atoms with Crippen molar-refractivity contribution in [3.63, 3.8) is 0 Å². The summed E-state index contributed by atoms with van der Waals surface area (Å²) in [4.78, 5) is 0. The number of nitrogens with one attached hydrogen (secondary N) is 1. The number of ether oxygens (including phenoxy) is 1. The highest BCUT2D eigenvalue weighted by molar-refractivity contribution is 7.90. The van der Waals surface area contributed by atoms with E-state index in [0.29, 0.717) is 13.2 Å². The average molecular weight is 223 g/mol. The fourth-order valence-electron chi connectivity index (χ4n) is 1.22. The first-order valence-corrected chi connectivity index (χ1v) is 6.94. The Labute approximate surface area is 86.9 Å². The van der Waals surface area contributed by atoms with Gasteiger partial charge in [0.15, 0.2) is 0 Å². The molecule has 86 valence electrons. The van der Waals surface area contributed by atoms with Crippen molar-refractivity contribution in [2.45, 2.75) is 32.9 Å². The molecule has 0 spiro atoms. The molecule has 0 radical (unpaired) electrons. The molecule has 0 amide bonds. The van der Waals surface area contributed by atoms with Gasteiger partial charge in [-0.1, -0.05) is 0 Å². The van der Waals surface area contributed by atoms with Gasteiger partial charge in [0.2, 0.25) is 0 Å². The van der Waals surface area contributed by atoms with E-state index in [1.54, 1.807) is 0 Å². The maximum absolute atomic E-state index is 10.9. The second-order valence-corrected chi connectivity index (χ2v) is 5.85. The minimum atomic E-state index is -2.89. The van der Waals surface area contributed by atoms with Gasteiger partial charge in [-0.2, -0.15) is 0 Å². The van der Waals surface area contributed by atoms with Crippen molar-refractivity contribution in [1.29, 1.82) is 0 Å². The topological polar surface area (TPSA) is 55.4 Å². The molecule has 0 rings (SSSR count). The second-order valence-electron chi connectivity index (χ2n) is 3.67. The van der Waals surface area contributed by atoms with Crippen molar-refractivity contribution >= 4 is 9.84 Å². The van der Waals surface area contributed by atoms with E-state index in [0.717, 1.165) is 0 Å². The van der Waals surface area contributed by atoms with Gasteiger partial charge in [0, 0.05) is 25.4 Å². The molecule has 0 aliphatic carbocycles. The Bertz CT molecular complexity index is 238. The van der Waals surface area contributed by atoms with E-state index in [1.807, 2.05) is 20.8 Å². The maximum atomic E-state index is 10.9. The molecule has 1 N–H and O–H groups in total. The van der Waals surface area contributed by atoms with Gasteiger partial charge >= 0.3 is 0 Å². The van der Waals surface area contributed by atoms with Crippen molar-refractivity contribution < 1.29 is 13.2 Å². The van der Waals surface area contributed by atoms with Gasteiger partial charge < -0.3 is 10.1 Å². The van der Waals surface area contributed by atoms with Gasteiger partial charge in [-0.3, -0.25) is 0 Å². The van der Waals surface area contributed by atoms with E-state index in [9.17, 15) is 8.42 Å². The highest BCUT2D eigenvalue weighted by Crippen LogP contribution is 1.93. The fourth-order valence-corrected chi connectivity index (χ4v) is 2.25. The van der Waals surface area contributed by atoms with Gasteiger partial charge in [-0.15, -0.1) is 0 Å².